The molecule has 3 aromatic rings. The number of rotatable bonds is 4. The highest BCUT2D eigenvalue weighted by molar-refractivity contribution is 7.09. The second-order valence-electron chi connectivity index (χ2n) is 4.26. The number of hydrogen-bond donors (Lipinski definition) is 1. The van der Waals surface area contributed by atoms with Crippen LogP contribution in [0.5, 0.6) is 5.75 Å². The number of fused-ring (bicyclic) bond motifs is 1. The second-order valence-corrected chi connectivity index (χ2v) is 5.23. The van der Waals surface area contributed by atoms with E-state index < -0.39 is 5.97 Å². The average molecular weight is 285 g/mol. The Hall–Kier alpha value is -2.40. The first kappa shape index (κ1) is 12.6. The largest absolute Gasteiger partial charge is 0.487 e. The zero-order valence-corrected chi connectivity index (χ0v) is 11.3. The molecule has 0 unspecified atom stereocenters. The van der Waals surface area contributed by atoms with Crippen LogP contribution in [0.25, 0.3) is 10.8 Å². The molecule has 0 amide bonds. The highest BCUT2D eigenvalue weighted by Gasteiger charge is 2.13. The SMILES string of the molecule is O=C(O)c1cc2ccccc2cc1OCc1cncs1. The van der Waals surface area contributed by atoms with Crippen LogP contribution >= 0.6 is 11.3 Å². The van der Waals surface area contributed by atoms with Gasteiger partial charge in [-0.2, -0.15) is 0 Å². The van der Waals surface area contributed by atoms with Crippen LogP contribution in [0.15, 0.2) is 48.1 Å². The summed E-state index contributed by atoms with van der Waals surface area (Å²) in [5, 5.41) is 11.1. The van der Waals surface area contributed by atoms with Gasteiger partial charge in [0.25, 0.3) is 0 Å². The van der Waals surface area contributed by atoms with Crippen molar-refractivity contribution in [3.8, 4) is 5.75 Å². The van der Waals surface area contributed by atoms with Crippen molar-refractivity contribution in [1.82, 2.24) is 4.98 Å². The van der Waals surface area contributed by atoms with Gasteiger partial charge in [0, 0.05) is 6.20 Å². The Morgan fingerprint density at radius 3 is 2.65 bits per heavy atom. The standard InChI is InChI=1S/C15H11NO3S/c17-15(18)13-5-10-3-1-2-4-11(10)6-14(13)19-8-12-7-16-9-20-12/h1-7,9H,8H2,(H,17,18). The molecule has 0 bridgehead atoms. The lowest BCUT2D eigenvalue weighted by Crippen LogP contribution is -2.03. The third-order valence-corrected chi connectivity index (χ3v) is 3.68. The summed E-state index contributed by atoms with van der Waals surface area (Å²) in [6, 6.07) is 11.0. The number of carboxylic acid groups (broad SMARTS) is 1. The van der Waals surface area contributed by atoms with E-state index in [1.54, 1.807) is 23.8 Å². The third kappa shape index (κ3) is 2.48. The van der Waals surface area contributed by atoms with E-state index in [2.05, 4.69) is 4.98 Å². The van der Waals surface area contributed by atoms with Gasteiger partial charge in [0.05, 0.1) is 10.4 Å². The normalized spacial score (nSPS) is 10.6. The number of aromatic carboxylic acids is 1. The van der Waals surface area contributed by atoms with Crippen LogP contribution in [0.1, 0.15) is 15.2 Å². The van der Waals surface area contributed by atoms with Crippen LogP contribution in [0.3, 0.4) is 0 Å². The summed E-state index contributed by atoms with van der Waals surface area (Å²) in [5.74, 6) is -0.611. The molecule has 0 aliphatic heterocycles. The van der Waals surface area contributed by atoms with Gasteiger partial charge in [0.15, 0.2) is 0 Å². The highest BCUT2D eigenvalue weighted by Crippen LogP contribution is 2.27. The molecule has 0 aliphatic carbocycles. The molecule has 0 saturated heterocycles. The molecule has 0 aliphatic rings. The molecule has 20 heavy (non-hydrogen) atoms. The third-order valence-electron chi connectivity index (χ3n) is 2.93. The van der Waals surface area contributed by atoms with Gasteiger partial charge in [-0.15, -0.1) is 11.3 Å². The Labute approximate surface area is 119 Å². The van der Waals surface area contributed by atoms with Crippen LogP contribution in [-0.4, -0.2) is 16.1 Å². The number of thiazole rings is 1. The summed E-state index contributed by atoms with van der Waals surface area (Å²) >= 11 is 1.48. The molecular weight excluding hydrogens is 274 g/mol. The lowest BCUT2D eigenvalue weighted by atomic mass is 10.1. The predicted octanol–water partition coefficient (Wildman–Crippen LogP) is 3.57. The van der Waals surface area contributed by atoms with E-state index in [1.807, 2.05) is 24.3 Å². The molecule has 3 rings (SSSR count). The minimum atomic E-state index is -0.991. The fourth-order valence-electron chi connectivity index (χ4n) is 1.97. The first-order chi connectivity index (χ1) is 9.74. The summed E-state index contributed by atoms with van der Waals surface area (Å²) < 4.78 is 5.64. The lowest BCUT2D eigenvalue weighted by Gasteiger charge is -2.09. The Balaban J connectivity index is 1.98. The minimum Gasteiger partial charge on any atom is -0.487 e. The molecule has 4 nitrogen and oxygen atoms in total. The number of carboxylic acids is 1. The van der Waals surface area contributed by atoms with Crippen LogP contribution in [-0.2, 0) is 6.61 Å². The number of aromatic nitrogens is 1. The maximum absolute atomic E-state index is 11.3. The fraction of sp³-hybridized carbons (Fsp3) is 0.0667. The maximum Gasteiger partial charge on any atom is 0.339 e. The molecule has 0 saturated carbocycles. The monoisotopic (exact) mass is 285 g/mol. The van der Waals surface area contributed by atoms with E-state index in [-0.39, 0.29) is 5.56 Å². The molecule has 0 radical (unpaired) electrons. The van der Waals surface area contributed by atoms with Gasteiger partial charge in [0.1, 0.15) is 17.9 Å². The quantitative estimate of drug-likeness (QED) is 0.796. The van der Waals surface area contributed by atoms with Crippen molar-refractivity contribution in [1.29, 1.82) is 0 Å². The summed E-state index contributed by atoms with van der Waals surface area (Å²) in [4.78, 5) is 16.3. The molecule has 0 fully saturated rings. The lowest BCUT2D eigenvalue weighted by molar-refractivity contribution is 0.0692. The number of nitrogens with zero attached hydrogens (tertiary/aromatic N) is 1. The van der Waals surface area contributed by atoms with Gasteiger partial charge in [-0.05, 0) is 22.9 Å². The molecule has 2 aromatic carbocycles. The Bertz CT molecular complexity index is 753. The number of hydrogen-bond acceptors (Lipinski definition) is 4. The Kier molecular flexibility index (Phi) is 3.35. The summed E-state index contributed by atoms with van der Waals surface area (Å²) in [5.41, 5.74) is 1.89. The molecule has 100 valence electrons. The maximum atomic E-state index is 11.3. The van der Waals surface area contributed by atoms with E-state index in [0.717, 1.165) is 15.6 Å². The minimum absolute atomic E-state index is 0.174. The Morgan fingerprint density at radius 1 is 1.25 bits per heavy atom. The zero-order chi connectivity index (χ0) is 13.9. The first-order valence-electron chi connectivity index (χ1n) is 6.00. The van der Waals surface area contributed by atoms with Gasteiger partial charge in [0.2, 0.25) is 0 Å². The van der Waals surface area contributed by atoms with E-state index in [1.165, 1.54) is 11.3 Å². The molecule has 0 atom stereocenters. The van der Waals surface area contributed by atoms with Crippen LogP contribution in [0.2, 0.25) is 0 Å². The van der Waals surface area contributed by atoms with Gasteiger partial charge in [-0.3, -0.25) is 4.98 Å². The van der Waals surface area contributed by atoms with Crippen LogP contribution < -0.4 is 4.74 Å². The van der Waals surface area contributed by atoms with Crippen molar-refractivity contribution in [2.24, 2.45) is 0 Å². The van der Waals surface area contributed by atoms with Crippen molar-refractivity contribution < 1.29 is 14.6 Å². The van der Waals surface area contributed by atoms with Gasteiger partial charge in [-0.1, -0.05) is 24.3 Å². The highest BCUT2D eigenvalue weighted by atomic mass is 32.1. The number of carbonyl (C=O) groups is 1. The van der Waals surface area contributed by atoms with E-state index in [9.17, 15) is 9.90 Å². The van der Waals surface area contributed by atoms with Crippen molar-refractivity contribution in [2.75, 3.05) is 0 Å². The Morgan fingerprint density at radius 2 is 2.00 bits per heavy atom. The fourth-order valence-corrected chi connectivity index (χ4v) is 2.47. The first-order valence-corrected chi connectivity index (χ1v) is 6.88. The van der Waals surface area contributed by atoms with Crippen molar-refractivity contribution in [2.45, 2.75) is 6.61 Å². The predicted molar refractivity (Wildman–Crippen MR) is 77.4 cm³/mol. The van der Waals surface area contributed by atoms with Gasteiger partial charge < -0.3 is 9.84 Å². The van der Waals surface area contributed by atoms with Crippen molar-refractivity contribution in [3.05, 3.63) is 58.5 Å². The average Bonchev–Trinajstić information content (AvgIpc) is 2.97. The topological polar surface area (TPSA) is 59.4 Å². The summed E-state index contributed by atoms with van der Waals surface area (Å²) in [6.45, 7) is 0.323. The van der Waals surface area contributed by atoms with E-state index in [0.29, 0.717) is 12.4 Å². The smallest absolute Gasteiger partial charge is 0.339 e. The van der Waals surface area contributed by atoms with E-state index >= 15 is 0 Å². The van der Waals surface area contributed by atoms with Crippen LogP contribution in [0, 0.1) is 0 Å². The van der Waals surface area contributed by atoms with E-state index in [4.69, 9.17) is 4.74 Å². The zero-order valence-electron chi connectivity index (χ0n) is 10.4. The second kappa shape index (κ2) is 5.30. The van der Waals surface area contributed by atoms with Gasteiger partial charge in [-0.25, -0.2) is 4.79 Å². The van der Waals surface area contributed by atoms with Crippen LogP contribution in [0.4, 0.5) is 0 Å². The number of benzene rings is 2. The summed E-state index contributed by atoms with van der Waals surface area (Å²) in [6.07, 6.45) is 1.71. The molecule has 1 N–H and O–H groups in total. The summed E-state index contributed by atoms with van der Waals surface area (Å²) in [7, 11) is 0. The molecule has 0 spiro atoms. The molecule has 1 heterocycles. The van der Waals surface area contributed by atoms with Crippen molar-refractivity contribution >= 4 is 28.1 Å². The van der Waals surface area contributed by atoms with Gasteiger partial charge >= 0.3 is 5.97 Å². The molecular formula is C15H11NO3S. The molecule has 5 heteroatoms. The number of ether oxygens (including phenoxy) is 1. The molecule has 1 aromatic heterocycles. The van der Waals surface area contributed by atoms with Crippen molar-refractivity contribution in [3.63, 3.8) is 0 Å².